The number of hydrogen-bond donors (Lipinski definition) is 0. The van der Waals surface area contributed by atoms with Crippen LogP contribution in [-0.4, -0.2) is 45.0 Å². The molecule has 1 heterocycles. The normalized spacial score (nSPS) is 10.8. The topological polar surface area (TPSA) is 111 Å². The summed E-state index contributed by atoms with van der Waals surface area (Å²) in [5.41, 5.74) is 1.33. The van der Waals surface area contributed by atoms with Gasteiger partial charge < -0.3 is 28.3 Å². The Bertz CT molecular complexity index is 1560. The summed E-state index contributed by atoms with van der Waals surface area (Å²) in [5, 5.41) is 12.8. The van der Waals surface area contributed by atoms with Crippen LogP contribution in [0.15, 0.2) is 59.5 Å². The molecule has 0 N–H and O–H groups in total. The molecular weight excluding hydrogens is 492 g/mol. The Labute approximate surface area is 219 Å². The number of fused-ring (bicyclic) bond motifs is 1. The Morgan fingerprint density at radius 2 is 1.37 bits per heavy atom. The van der Waals surface area contributed by atoms with E-state index in [1.807, 2.05) is 12.1 Å². The minimum atomic E-state index is -0.545. The number of benzene rings is 3. The largest absolute Gasteiger partial charge is 0.497 e. The molecule has 3 aromatic carbocycles. The van der Waals surface area contributed by atoms with Crippen LogP contribution in [0.5, 0.6) is 28.7 Å². The first-order valence-electron chi connectivity index (χ1n) is 11.6. The maximum atomic E-state index is 13.6. The van der Waals surface area contributed by atoms with Gasteiger partial charge in [-0.3, -0.25) is 14.9 Å². The number of ether oxygens (including phenoxy) is 5. The van der Waals surface area contributed by atoms with Gasteiger partial charge in [0.05, 0.1) is 52.4 Å². The molecule has 0 fully saturated rings. The van der Waals surface area contributed by atoms with Crippen molar-refractivity contribution in [3.63, 3.8) is 0 Å². The van der Waals surface area contributed by atoms with Crippen molar-refractivity contribution in [3.05, 3.63) is 91.9 Å². The third-order valence-electron chi connectivity index (χ3n) is 6.41. The first-order valence-corrected chi connectivity index (χ1v) is 11.6. The fraction of sp³-hybridized carbons (Fsp3) is 0.250. The molecule has 0 bridgehead atoms. The molecule has 38 heavy (non-hydrogen) atoms. The van der Waals surface area contributed by atoms with E-state index in [-0.39, 0.29) is 35.3 Å². The molecular formula is C28H28N2O8. The van der Waals surface area contributed by atoms with Gasteiger partial charge in [-0.2, -0.15) is 0 Å². The summed E-state index contributed by atoms with van der Waals surface area (Å²) in [6.07, 6.45) is 1.89. The lowest BCUT2D eigenvalue weighted by Crippen LogP contribution is -2.21. The van der Waals surface area contributed by atoms with E-state index >= 15 is 0 Å². The fourth-order valence-corrected chi connectivity index (χ4v) is 4.49. The maximum absolute atomic E-state index is 13.6. The quantitative estimate of drug-likeness (QED) is 0.221. The molecule has 10 nitrogen and oxygen atoms in total. The number of methoxy groups -OCH3 is 5. The summed E-state index contributed by atoms with van der Waals surface area (Å²) in [7, 11) is 7.56. The van der Waals surface area contributed by atoms with Crippen LogP contribution in [-0.2, 0) is 13.0 Å². The Morgan fingerprint density at radius 1 is 0.763 bits per heavy atom. The number of pyridine rings is 1. The lowest BCUT2D eigenvalue weighted by atomic mass is 9.96. The molecule has 0 saturated carbocycles. The van der Waals surface area contributed by atoms with Gasteiger partial charge >= 0.3 is 5.69 Å². The van der Waals surface area contributed by atoms with Gasteiger partial charge in [0, 0.05) is 41.9 Å². The third-order valence-corrected chi connectivity index (χ3v) is 6.41. The highest BCUT2D eigenvalue weighted by molar-refractivity contribution is 5.91. The predicted molar refractivity (Wildman–Crippen MR) is 142 cm³/mol. The fourth-order valence-electron chi connectivity index (χ4n) is 4.49. The summed E-state index contributed by atoms with van der Waals surface area (Å²) in [4.78, 5) is 25.1. The average molecular weight is 521 g/mol. The maximum Gasteiger partial charge on any atom is 0.312 e. The standard InChI is InChI=1S/C28H28N2O8/c1-34-19-8-6-17(25(13-19)36-3)12-22-21-10-11-29(16-18-7-9-20(35-2)14-26(18)37-4)28(31)23(21)15-24(30(32)33)27(22)38-5/h6-11,13-15H,12,16H2,1-5H3. The van der Waals surface area contributed by atoms with E-state index < -0.39 is 4.92 Å². The van der Waals surface area contributed by atoms with Crippen molar-refractivity contribution in [1.82, 2.24) is 4.57 Å². The van der Waals surface area contributed by atoms with Gasteiger partial charge in [0.1, 0.15) is 23.0 Å². The zero-order valence-corrected chi connectivity index (χ0v) is 21.8. The molecule has 10 heteroatoms. The summed E-state index contributed by atoms with van der Waals surface area (Å²) in [6, 6.07) is 13.7. The second-order valence-corrected chi connectivity index (χ2v) is 8.41. The zero-order valence-electron chi connectivity index (χ0n) is 21.8. The van der Waals surface area contributed by atoms with Crippen molar-refractivity contribution in [2.24, 2.45) is 0 Å². The Morgan fingerprint density at radius 3 is 1.92 bits per heavy atom. The molecule has 4 aromatic rings. The Balaban J connectivity index is 1.89. The summed E-state index contributed by atoms with van der Waals surface area (Å²) in [6.45, 7) is 0.198. The van der Waals surface area contributed by atoms with Crippen LogP contribution in [0.4, 0.5) is 5.69 Å². The van der Waals surface area contributed by atoms with Gasteiger partial charge in [-0.15, -0.1) is 0 Å². The van der Waals surface area contributed by atoms with Crippen molar-refractivity contribution < 1.29 is 28.6 Å². The molecule has 0 radical (unpaired) electrons. The minimum Gasteiger partial charge on any atom is -0.497 e. The first kappa shape index (κ1) is 26.3. The molecule has 0 amide bonds. The molecule has 0 aliphatic carbocycles. The number of nitrogens with zero attached hydrogens (tertiary/aromatic N) is 2. The van der Waals surface area contributed by atoms with E-state index in [1.54, 1.807) is 50.7 Å². The SMILES string of the molecule is COc1ccc(Cc2c(OC)c([N+](=O)[O-])cc3c(=O)n(Cc4ccc(OC)cc4OC)ccc23)c(OC)c1. The number of aromatic nitrogens is 1. The molecule has 0 atom stereocenters. The van der Waals surface area contributed by atoms with E-state index in [9.17, 15) is 14.9 Å². The smallest absolute Gasteiger partial charge is 0.312 e. The number of nitro benzene ring substituents is 1. The molecule has 0 aliphatic rings. The van der Waals surface area contributed by atoms with Gasteiger partial charge in [0.15, 0.2) is 0 Å². The monoisotopic (exact) mass is 520 g/mol. The molecule has 0 saturated heterocycles. The highest BCUT2D eigenvalue weighted by atomic mass is 16.6. The summed E-state index contributed by atoms with van der Waals surface area (Å²) < 4.78 is 28.5. The van der Waals surface area contributed by atoms with Crippen LogP contribution in [0.25, 0.3) is 10.8 Å². The van der Waals surface area contributed by atoms with Gasteiger partial charge in [0.25, 0.3) is 5.56 Å². The van der Waals surface area contributed by atoms with E-state index in [0.717, 1.165) is 11.1 Å². The average Bonchev–Trinajstić information content (AvgIpc) is 2.94. The lowest BCUT2D eigenvalue weighted by molar-refractivity contribution is -0.385. The van der Waals surface area contributed by atoms with E-state index in [1.165, 1.54) is 32.0 Å². The number of rotatable bonds is 10. The van der Waals surface area contributed by atoms with E-state index in [2.05, 4.69) is 0 Å². The van der Waals surface area contributed by atoms with Gasteiger partial charge in [-0.05, 0) is 35.2 Å². The van der Waals surface area contributed by atoms with Crippen molar-refractivity contribution in [3.8, 4) is 28.7 Å². The summed E-state index contributed by atoms with van der Waals surface area (Å²) >= 11 is 0. The van der Waals surface area contributed by atoms with Crippen LogP contribution in [0.1, 0.15) is 16.7 Å². The van der Waals surface area contributed by atoms with Crippen LogP contribution in [0.3, 0.4) is 0 Å². The summed E-state index contributed by atoms with van der Waals surface area (Å²) in [5.74, 6) is 2.43. The number of nitro groups is 1. The Hall–Kier alpha value is -4.73. The van der Waals surface area contributed by atoms with Gasteiger partial charge in [-0.25, -0.2) is 0 Å². The first-order chi connectivity index (χ1) is 18.3. The van der Waals surface area contributed by atoms with Crippen molar-refractivity contribution in [2.75, 3.05) is 35.5 Å². The van der Waals surface area contributed by atoms with Crippen molar-refractivity contribution >= 4 is 16.5 Å². The second-order valence-electron chi connectivity index (χ2n) is 8.41. The van der Waals surface area contributed by atoms with Crippen LogP contribution in [0, 0.1) is 10.1 Å². The lowest BCUT2D eigenvalue weighted by Gasteiger charge is -2.16. The third kappa shape index (κ3) is 4.93. The second kappa shape index (κ2) is 11.1. The molecule has 0 aliphatic heterocycles. The van der Waals surface area contributed by atoms with E-state index in [4.69, 9.17) is 23.7 Å². The highest BCUT2D eigenvalue weighted by Crippen LogP contribution is 2.39. The van der Waals surface area contributed by atoms with Crippen molar-refractivity contribution in [1.29, 1.82) is 0 Å². The minimum absolute atomic E-state index is 0.0920. The molecule has 1 aromatic heterocycles. The molecule has 0 spiro atoms. The van der Waals surface area contributed by atoms with Crippen LogP contribution < -0.4 is 29.2 Å². The zero-order chi connectivity index (χ0) is 27.4. The van der Waals surface area contributed by atoms with Crippen LogP contribution in [0.2, 0.25) is 0 Å². The van der Waals surface area contributed by atoms with Crippen LogP contribution >= 0.6 is 0 Å². The van der Waals surface area contributed by atoms with E-state index in [0.29, 0.717) is 33.9 Å². The number of hydrogen-bond acceptors (Lipinski definition) is 8. The molecule has 0 unspecified atom stereocenters. The Kier molecular flexibility index (Phi) is 7.71. The predicted octanol–water partition coefficient (Wildman–Crippen LogP) is 4.59. The highest BCUT2D eigenvalue weighted by Gasteiger charge is 2.25. The van der Waals surface area contributed by atoms with Crippen molar-refractivity contribution in [2.45, 2.75) is 13.0 Å². The van der Waals surface area contributed by atoms with Gasteiger partial charge in [0.2, 0.25) is 5.75 Å². The van der Waals surface area contributed by atoms with Gasteiger partial charge in [-0.1, -0.05) is 6.07 Å². The molecule has 4 rings (SSSR count). The molecule has 198 valence electrons.